The second-order valence-corrected chi connectivity index (χ2v) is 10.5. The molecule has 2 aliphatic rings. The summed E-state index contributed by atoms with van der Waals surface area (Å²) in [6, 6.07) is 15.0. The van der Waals surface area contributed by atoms with Gasteiger partial charge in [0.15, 0.2) is 16.7 Å². The Balaban J connectivity index is 1.67. The van der Waals surface area contributed by atoms with Crippen molar-refractivity contribution < 1.29 is 23.8 Å². The number of carbonyl (C=O) groups is 2. The Labute approximate surface area is 239 Å². The number of likely N-dealkylation sites (N-methyl/N-ethyl adjacent to an activating group) is 1. The number of carbonyl (C=O) groups excluding carboxylic acids is 2. The molecule has 1 N–H and O–H groups in total. The van der Waals surface area contributed by atoms with Crippen LogP contribution in [0.5, 0.6) is 11.5 Å². The van der Waals surface area contributed by atoms with Crippen LogP contribution < -0.4 is 14.8 Å². The lowest BCUT2D eigenvalue weighted by atomic mass is 9.92. The number of amidine groups is 1. The van der Waals surface area contributed by atoms with Crippen LogP contribution in [0.15, 0.2) is 75.9 Å². The number of thioether (sulfide) groups is 1. The van der Waals surface area contributed by atoms with E-state index in [2.05, 4.69) is 5.32 Å². The molecule has 0 fully saturated rings. The number of benzene rings is 2. The molecule has 0 saturated heterocycles. The molecule has 9 nitrogen and oxygen atoms in total. The van der Waals surface area contributed by atoms with Gasteiger partial charge in [-0.1, -0.05) is 55.1 Å². The maximum Gasteiger partial charge on any atom is 0.338 e. The van der Waals surface area contributed by atoms with Crippen LogP contribution >= 0.6 is 11.8 Å². The van der Waals surface area contributed by atoms with E-state index in [-0.39, 0.29) is 12.3 Å². The number of hydrogen-bond donors (Lipinski definition) is 1. The number of amides is 1. The van der Waals surface area contributed by atoms with Gasteiger partial charge >= 0.3 is 5.97 Å². The van der Waals surface area contributed by atoms with Crippen molar-refractivity contribution in [3.05, 3.63) is 82.0 Å². The topological polar surface area (TPSA) is 92.7 Å². The molecule has 4 rings (SSSR count). The van der Waals surface area contributed by atoms with Crippen molar-refractivity contribution >= 4 is 28.8 Å². The summed E-state index contributed by atoms with van der Waals surface area (Å²) in [7, 11) is 6.88. The third kappa shape index (κ3) is 6.68. The molecule has 0 aliphatic carbocycles. The summed E-state index contributed by atoms with van der Waals surface area (Å²) in [4.78, 5) is 34.8. The van der Waals surface area contributed by atoms with E-state index in [9.17, 15) is 9.59 Å². The van der Waals surface area contributed by atoms with E-state index in [4.69, 9.17) is 19.2 Å². The zero-order chi connectivity index (χ0) is 28.6. The van der Waals surface area contributed by atoms with Crippen molar-refractivity contribution in [2.75, 3.05) is 41.4 Å². The van der Waals surface area contributed by atoms with Crippen molar-refractivity contribution in [1.82, 2.24) is 15.1 Å². The number of nitrogens with one attached hydrogen (secondary N) is 1. The van der Waals surface area contributed by atoms with Gasteiger partial charge < -0.3 is 29.3 Å². The molecular weight excluding hydrogens is 528 g/mol. The Kier molecular flexibility index (Phi) is 9.89. The molecule has 10 heteroatoms. The molecule has 0 spiro atoms. The molecule has 2 aromatic rings. The number of aliphatic imine (C=N–C) groups is 1. The second-order valence-electron chi connectivity index (χ2n) is 9.61. The molecular formula is C30H36N4O5S. The first kappa shape index (κ1) is 29.2. The third-order valence-electron chi connectivity index (χ3n) is 6.59. The number of hydrogen-bond acceptors (Lipinski definition) is 9. The van der Waals surface area contributed by atoms with E-state index in [0.717, 1.165) is 23.4 Å². The largest absolute Gasteiger partial charge is 0.493 e. The SMILES string of the molecule is CCC1=C(C(=O)OC)[C@H](c2ccc(OCc3ccccc3)c(OC)c2)N2C(CC(=O)NCCN(C)C)=CSC2=N1. The van der Waals surface area contributed by atoms with Gasteiger partial charge in [-0.15, -0.1) is 0 Å². The van der Waals surface area contributed by atoms with Crippen molar-refractivity contribution in [3.63, 3.8) is 0 Å². The first-order chi connectivity index (χ1) is 19.4. The van der Waals surface area contributed by atoms with E-state index in [0.29, 0.717) is 47.5 Å². The molecule has 1 amide bonds. The number of esters is 1. The van der Waals surface area contributed by atoms with Gasteiger partial charge in [0, 0.05) is 18.8 Å². The Morgan fingerprint density at radius 3 is 2.55 bits per heavy atom. The Bertz CT molecular complexity index is 1320. The number of fused-ring (bicyclic) bond motifs is 1. The normalized spacial score (nSPS) is 16.4. The summed E-state index contributed by atoms with van der Waals surface area (Å²) in [5, 5.41) is 5.62. The van der Waals surface area contributed by atoms with Gasteiger partial charge in [0.2, 0.25) is 5.91 Å². The highest BCUT2D eigenvalue weighted by molar-refractivity contribution is 8.16. The summed E-state index contributed by atoms with van der Waals surface area (Å²) in [5.74, 6) is 0.574. The van der Waals surface area contributed by atoms with Crippen molar-refractivity contribution in [1.29, 1.82) is 0 Å². The first-order valence-corrected chi connectivity index (χ1v) is 14.0. The molecule has 2 aromatic carbocycles. The minimum absolute atomic E-state index is 0.0965. The highest BCUT2D eigenvalue weighted by Gasteiger charge is 2.41. The number of allylic oxidation sites excluding steroid dienone is 1. The number of ether oxygens (including phenoxy) is 3. The first-order valence-electron chi connectivity index (χ1n) is 13.2. The lowest BCUT2D eigenvalue weighted by molar-refractivity contribution is -0.136. The van der Waals surface area contributed by atoms with Crippen LogP contribution in [0, 0.1) is 0 Å². The molecule has 0 bridgehead atoms. The Morgan fingerprint density at radius 1 is 1.10 bits per heavy atom. The van der Waals surface area contributed by atoms with Gasteiger partial charge in [0.1, 0.15) is 6.61 Å². The van der Waals surface area contributed by atoms with Crippen LogP contribution in [0.4, 0.5) is 0 Å². The van der Waals surface area contributed by atoms with E-state index < -0.39 is 12.0 Å². The molecule has 2 heterocycles. The van der Waals surface area contributed by atoms with Crippen LogP contribution in [0.2, 0.25) is 0 Å². The summed E-state index contributed by atoms with van der Waals surface area (Å²) in [6.07, 6.45) is 0.704. The fourth-order valence-electron chi connectivity index (χ4n) is 4.58. The average molecular weight is 565 g/mol. The van der Waals surface area contributed by atoms with Gasteiger partial charge in [-0.3, -0.25) is 4.79 Å². The van der Waals surface area contributed by atoms with E-state index in [1.807, 2.05) is 84.8 Å². The predicted octanol–water partition coefficient (Wildman–Crippen LogP) is 4.48. The van der Waals surface area contributed by atoms with Crippen LogP contribution in [-0.4, -0.2) is 68.2 Å². The van der Waals surface area contributed by atoms with Crippen molar-refractivity contribution in [2.24, 2.45) is 4.99 Å². The second kappa shape index (κ2) is 13.5. The predicted molar refractivity (Wildman–Crippen MR) is 157 cm³/mol. The van der Waals surface area contributed by atoms with Crippen LogP contribution in [0.1, 0.15) is 36.9 Å². The van der Waals surface area contributed by atoms with Gasteiger partial charge in [0.05, 0.1) is 38.0 Å². The Morgan fingerprint density at radius 2 is 1.88 bits per heavy atom. The maximum absolute atomic E-state index is 13.2. The fraction of sp³-hybridized carbons (Fsp3) is 0.367. The average Bonchev–Trinajstić information content (AvgIpc) is 3.36. The van der Waals surface area contributed by atoms with Crippen molar-refractivity contribution in [2.45, 2.75) is 32.4 Å². The number of rotatable bonds is 12. The van der Waals surface area contributed by atoms with Crippen LogP contribution in [0.3, 0.4) is 0 Å². The molecule has 1 atom stereocenters. The molecule has 2 aliphatic heterocycles. The molecule has 0 aromatic heterocycles. The zero-order valence-corrected chi connectivity index (χ0v) is 24.4. The highest BCUT2D eigenvalue weighted by atomic mass is 32.2. The zero-order valence-electron chi connectivity index (χ0n) is 23.6. The monoisotopic (exact) mass is 564 g/mol. The maximum atomic E-state index is 13.2. The van der Waals surface area contributed by atoms with Crippen LogP contribution in [-0.2, 0) is 20.9 Å². The summed E-state index contributed by atoms with van der Waals surface area (Å²) < 4.78 is 17.0. The van der Waals surface area contributed by atoms with Gasteiger partial charge in [-0.05, 0) is 49.2 Å². The lowest BCUT2D eigenvalue weighted by Crippen LogP contribution is -2.38. The quantitative estimate of drug-likeness (QED) is 0.378. The summed E-state index contributed by atoms with van der Waals surface area (Å²) in [6.45, 7) is 3.64. The number of methoxy groups -OCH3 is 2. The van der Waals surface area contributed by atoms with Crippen molar-refractivity contribution in [3.8, 4) is 11.5 Å². The summed E-state index contributed by atoms with van der Waals surface area (Å²) >= 11 is 1.45. The fourth-order valence-corrected chi connectivity index (χ4v) is 5.52. The minimum atomic E-state index is -0.553. The minimum Gasteiger partial charge on any atom is -0.493 e. The molecule has 0 unspecified atom stereocenters. The molecule has 212 valence electrons. The third-order valence-corrected chi connectivity index (χ3v) is 7.48. The van der Waals surface area contributed by atoms with Gasteiger partial charge in [-0.25, -0.2) is 9.79 Å². The lowest BCUT2D eigenvalue weighted by Gasteiger charge is -2.36. The Hall–Kier alpha value is -3.76. The van der Waals surface area contributed by atoms with Gasteiger partial charge in [-0.2, -0.15) is 0 Å². The highest BCUT2D eigenvalue weighted by Crippen LogP contribution is 2.46. The standard InChI is InChI=1S/C30H36N4O5S/c1-6-23-27(29(36)38-5)28(34-22(19-40-30(34)32-23)17-26(35)31-14-15-33(2)3)21-12-13-24(25(16-21)37-4)39-18-20-10-8-7-9-11-20/h7-13,16,19,28H,6,14-15,17-18H2,1-5H3,(H,31,35)/t28-/m0/s1. The van der Waals surface area contributed by atoms with Gasteiger partial charge in [0.25, 0.3) is 0 Å². The van der Waals surface area contributed by atoms with E-state index in [1.54, 1.807) is 7.11 Å². The smallest absolute Gasteiger partial charge is 0.338 e. The molecule has 0 saturated carbocycles. The van der Waals surface area contributed by atoms with E-state index in [1.165, 1.54) is 18.9 Å². The molecule has 0 radical (unpaired) electrons. The summed E-state index contributed by atoms with van der Waals surface area (Å²) in [5.41, 5.74) is 3.69. The molecule has 40 heavy (non-hydrogen) atoms. The van der Waals surface area contributed by atoms with E-state index >= 15 is 0 Å². The van der Waals surface area contributed by atoms with Crippen LogP contribution in [0.25, 0.3) is 0 Å². The number of nitrogens with zero attached hydrogens (tertiary/aromatic N) is 3.